The van der Waals surface area contributed by atoms with Gasteiger partial charge in [-0.05, 0) is 36.2 Å². The van der Waals surface area contributed by atoms with Gasteiger partial charge in [-0.2, -0.15) is 0 Å². The van der Waals surface area contributed by atoms with Crippen LogP contribution in [-0.2, 0) is 4.79 Å². The summed E-state index contributed by atoms with van der Waals surface area (Å²) in [6.07, 6.45) is 7.03. The van der Waals surface area contributed by atoms with E-state index in [4.69, 9.17) is 27.9 Å². The highest BCUT2D eigenvalue weighted by Gasteiger charge is 2.11. The molecular formula is C16H20Cl2O3. The lowest BCUT2D eigenvalue weighted by atomic mass is 10.1. The summed E-state index contributed by atoms with van der Waals surface area (Å²) < 4.78 is 5.18. The van der Waals surface area contributed by atoms with Crippen molar-refractivity contribution in [2.24, 2.45) is 0 Å². The van der Waals surface area contributed by atoms with Crippen LogP contribution in [-0.4, -0.2) is 11.2 Å². The Kier molecular flexibility index (Phi) is 8.40. The summed E-state index contributed by atoms with van der Waals surface area (Å²) in [5.74, 6) is -0.0494. The molecule has 0 aliphatic heterocycles. The fourth-order valence-electron chi connectivity index (χ4n) is 1.93. The Labute approximate surface area is 135 Å². The lowest BCUT2D eigenvalue weighted by Crippen LogP contribution is -2.08. The maximum Gasteiger partial charge on any atom is 0.311 e. The van der Waals surface area contributed by atoms with Gasteiger partial charge in [-0.15, -0.1) is 0 Å². The van der Waals surface area contributed by atoms with Gasteiger partial charge >= 0.3 is 5.97 Å². The van der Waals surface area contributed by atoms with Crippen molar-refractivity contribution >= 4 is 34.4 Å². The van der Waals surface area contributed by atoms with Crippen molar-refractivity contribution in [2.75, 3.05) is 0 Å². The largest absolute Gasteiger partial charge is 0.425 e. The molecule has 1 aromatic rings. The molecule has 0 fully saturated rings. The standard InChI is InChI=1S/C16H20Cl2O3/c1-2-3-4-5-6-7-8-15(19)21-14-10-9-12(16(18)20)11-13(14)17/h9-11H,2-8H2,1H3. The fourth-order valence-corrected chi connectivity index (χ4v) is 2.27. The second-order valence-electron chi connectivity index (χ2n) is 4.91. The number of carbonyl (C=O) groups is 2. The first-order chi connectivity index (χ1) is 10.0. The van der Waals surface area contributed by atoms with Crippen LogP contribution in [0.3, 0.4) is 0 Å². The normalized spacial score (nSPS) is 10.4. The molecule has 5 heteroatoms. The monoisotopic (exact) mass is 330 g/mol. The average molecular weight is 331 g/mol. The van der Waals surface area contributed by atoms with Gasteiger partial charge < -0.3 is 4.74 Å². The summed E-state index contributed by atoms with van der Waals surface area (Å²) in [4.78, 5) is 22.7. The van der Waals surface area contributed by atoms with Crippen LogP contribution in [0.2, 0.25) is 5.02 Å². The molecule has 0 unspecified atom stereocenters. The molecule has 0 atom stereocenters. The Morgan fingerprint density at radius 3 is 2.38 bits per heavy atom. The molecule has 0 radical (unpaired) electrons. The number of rotatable bonds is 9. The van der Waals surface area contributed by atoms with E-state index in [2.05, 4.69) is 6.92 Å². The van der Waals surface area contributed by atoms with Crippen LogP contribution in [0.15, 0.2) is 18.2 Å². The molecule has 0 saturated carbocycles. The van der Waals surface area contributed by atoms with Crippen LogP contribution in [0, 0.1) is 0 Å². The first-order valence-electron chi connectivity index (χ1n) is 7.24. The molecule has 0 spiro atoms. The van der Waals surface area contributed by atoms with Crippen molar-refractivity contribution in [1.82, 2.24) is 0 Å². The third-order valence-corrected chi connectivity index (χ3v) is 3.63. The quantitative estimate of drug-likeness (QED) is 0.264. The van der Waals surface area contributed by atoms with E-state index in [-0.39, 0.29) is 22.3 Å². The van der Waals surface area contributed by atoms with Gasteiger partial charge in [-0.1, -0.05) is 50.6 Å². The minimum absolute atomic E-state index is 0.206. The van der Waals surface area contributed by atoms with Gasteiger partial charge in [-0.25, -0.2) is 0 Å². The number of esters is 1. The van der Waals surface area contributed by atoms with Crippen LogP contribution in [0.1, 0.15) is 62.2 Å². The lowest BCUT2D eigenvalue weighted by molar-refractivity contribution is -0.134. The van der Waals surface area contributed by atoms with Gasteiger partial charge in [-0.3, -0.25) is 9.59 Å². The second kappa shape index (κ2) is 9.80. The smallest absolute Gasteiger partial charge is 0.311 e. The number of hydrogen-bond donors (Lipinski definition) is 0. The highest BCUT2D eigenvalue weighted by atomic mass is 35.5. The van der Waals surface area contributed by atoms with E-state index < -0.39 is 5.24 Å². The predicted octanol–water partition coefficient (Wildman–Crippen LogP) is 5.38. The number of hydrogen-bond acceptors (Lipinski definition) is 3. The third-order valence-electron chi connectivity index (χ3n) is 3.12. The SMILES string of the molecule is CCCCCCCCC(=O)Oc1ccc(C(=O)Cl)cc1Cl. The predicted molar refractivity (Wildman–Crippen MR) is 85.3 cm³/mol. The van der Waals surface area contributed by atoms with Crippen LogP contribution in [0.4, 0.5) is 0 Å². The van der Waals surface area contributed by atoms with Crippen molar-refractivity contribution in [2.45, 2.75) is 51.9 Å². The topological polar surface area (TPSA) is 43.4 Å². The molecule has 3 nitrogen and oxygen atoms in total. The second-order valence-corrected chi connectivity index (χ2v) is 5.66. The maximum absolute atomic E-state index is 11.7. The van der Waals surface area contributed by atoms with Crippen LogP contribution in [0.25, 0.3) is 0 Å². The Morgan fingerprint density at radius 2 is 1.76 bits per heavy atom. The van der Waals surface area contributed by atoms with Crippen LogP contribution < -0.4 is 4.74 Å². The summed E-state index contributed by atoms with van der Waals surface area (Å²) >= 11 is 11.3. The summed E-state index contributed by atoms with van der Waals surface area (Å²) in [5, 5.41) is -0.389. The molecule has 0 N–H and O–H groups in total. The van der Waals surface area contributed by atoms with Crippen molar-refractivity contribution < 1.29 is 14.3 Å². The van der Waals surface area contributed by atoms with E-state index in [1.54, 1.807) is 0 Å². The van der Waals surface area contributed by atoms with Gasteiger partial charge in [0, 0.05) is 12.0 Å². The van der Waals surface area contributed by atoms with E-state index in [0.29, 0.717) is 6.42 Å². The fraction of sp³-hybridized carbons (Fsp3) is 0.500. The summed E-state index contributed by atoms with van der Waals surface area (Å²) in [7, 11) is 0. The minimum Gasteiger partial charge on any atom is -0.425 e. The Morgan fingerprint density at radius 1 is 1.10 bits per heavy atom. The summed E-state index contributed by atoms with van der Waals surface area (Å²) in [6.45, 7) is 2.17. The number of benzene rings is 1. The van der Waals surface area contributed by atoms with Crippen LogP contribution >= 0.6 is 23.2 Å². The lowest BCUT2D eigenvalue weighted by Gasteiger charge is -2.07. The maximum atomic E-state index is 11.7. The number of unbranched alkanes of at least 4 members (excludes halogenated alkanes) is 5. The molecule has 1 rings (SSSR count). The number of ether oxygens (including phenoxy) is 1. The van der Waals surface area contributed by atoms with Crippen molar-refractivity contribution in [1.29, 1.82) is 0 Å². The van der Waals surface area contributed by atoms with Crippen molar-refractivity contribution in [3.63, 3.8) is 0 Å². The van der Waals surface area contributed by atoms with Gasteiger partial charge in [0.05, 0.1) is 5.02 Å². The summed E-state index contributed by atoms with van der Waals surface area (Å²) in [5.41, 5.74) is 0.275. The molecule has 1 aromatic carbocycles. The van der Waals surface area contributed by atoms with E-state index in [0.717, 1.165) is 19.3 Å². The molecule has 116 valence electrons. The zero-order valence-corrected chi connectivity index (χ0v) is 13.7. The molecule has 0 aliphatic rings. The molecular weight excluding hydrogens is 311 g/mol. The van der Waals surface area contributed by atoms with Crippen molar-refractivity contribution in [3.05, 3.63) is 28.8 Å². The van der Waals surface area contributed by atoms with Crippen molar-refractivity contribution in [3.8, 4) is 5.75 Å². The van der Waals surface area contributed by atoms with E-state index >= 15 is 0 Å². The first kappa shape index (κ1) is 18.0. The Hall–Kier alpha value is -1.06. The molecule has 21 heavy (non-hydrogen) atoms. The zero-order valence-electron chi connectivity index (χ0n) is 12.2. The average Bonchev–Trinajstić information content (AvgIpc) is 2.44. The van der Waals surface area contributed by atoms with E-state index in [1.807, 2.05) is 0 Å². The molecule has 0 aliphatic carbocycles. The number of halogens is 2. The van der Waals surface area contributed by atoms with Gasteiger partial charge in [0.15, 0.2) is 0 Å². The van der Waals surface area contributed by atoms with E-state index in [1.165, 1.54) is 37.5 Å². The molecule has 0 heterocycles. The first-order valence-corrected chi connectivity index (χ1v) is 8.00. The zero-order chi connectivity index (χ0) is 15.7. The Bertz CT molecular complexity index is 486. The number of carbonyl (C=O) groups excluding carboxylic acids is 2. The Balaban J connectivity index is 2.36. The summed E-state index contributed by atoms with van der Waals surface area (Å²) in [6, 6.07) is 4.36. The molecule has 0 bridgehead atoms. The molecule has 0 aromatic heterocycles. The highest BCUT2D eigenvalue weighted by molar-refractivity contribution is 6.67. The minimum atomic E-state index is -0.596. The van der Waals surface area contributed by atoms with E-state index in [9.17, 15) is 9.59 Å². The van der Waals surface area contributed by atoms with Gasteiger partial charge in [0.25, 0.3) is 5.24 Å². The molecule has 0 saturated heterocycles. The molecule has 0 amide bonds. The third kappa shape index (κ3) is 6.96. The van der Waals surface area contributed by atoms with Gasteiger partial charge in [0.1, 0.15) is 5.75 Å². The van der Waals surface area contributed by atoms with Crippen LogP contribution in [0.5, 0.6) is 5.75 Å². The van der Waals surface area contributed by atoms with Gasteiger partial charge in [0.2, 0.25) is 0 Å². The highest BCUT2D eigenvalue weighted by Crippen LogP contribution is 2.26.